The van der Waals surface area contributed by atoms with Gasteiger partial charge < -0.3 is 19.9 Å². The Bertz CT molecular complexity index is 210. The lowest BCUT2D eigenvalue weighted by atomic mass is 9.82. The molecular weight excluding hydrogens is 206 g/mol. The second-order valence-corrected chi connectivity index (χ2v) is 4.94. The Morgan fingerprint density at radius 3 is 2.38 bits per heavy atom. The molecule has 0 aromatic heterocycles. The molecule has 1 rings (SSSR count). The van der Waals surface area contributed by atoms with Gasteiger partial charge in [0.05, 0.1) is 24.9 Å². The molecule has 5 atom stereocenters. The molecule has 4 nitrogen and oxygen atoms in total. The van der Waals surface area contributed by atoms with E-state index in [0.717, 1.165) is 0 Å². The van der Waals surface area contributed by atoms with Crippen molar-refractivity contribution in [2.24, 2.45) is 11.8 Å². The zero-order chi connectivity index (χ0) is 12.3. The highest BCUT2D eigenvalue weighted by atomic mass is 16.7. The normalized spacial score (nSPS) is 40.3. The van der Waals surface area contributed by atoms with Gasteiger partial charge in [-0.15, -0.1) is 0 Å². The number of hydrogen-bond acceptors (Lipinski definition) is 4. The number of likely N-dealkylation sites (N-methyl/N-ethyl adjacent to an activating group) is 1. The highest BCUT2D eigenvalue weighted by molar-refractivity contribution is 4.88. The van der Waals surface area contributed by atoms with Gasteiger partial charge in [0, 0.05) is 0 Å². The van der Waals surface area contributed by atoms with Gasteiger partial charge in [0.15, 0.2) is 6.29 Å². The van der Waals surface area contributed by atoms with E-state index in [-0.39, 0.29) is 31.1 Å². The number of nitrogens with one attached hydrogen (secondary N) is 1. The SMILES string of the molecule is CNC1[C@@H](OC(C)C)OC(CO)[C@@H](C)[C@@H]1C. The van der Waals surface area contributed by atoms with Crippen LogP contribution in [0.25, 0.3) is 0 Å². The first kappa shape index (κ1) is 13.9. The van der Waals surface area contributed by atoms with Crippen molar-refractivity contribution < 1.29 is 14.6 Å². The van der Waals surface area contributed by atoms with Gasteiger partial charge in [-0.25, -0.2) is 0 Å². The summed E-state index contributed by atoms with van der Waals surface area (Å²) in [6, 6.07) is 0.181. The van der Waals surface area contributed by atoms with E-state index in [1.807, 2.05) is 20.9 Å². The third-order valence-electron chi connectivity index (χ3n) is 3.50. The maximum atomic E-state index is 9.29. The number of aliphatic hydroxyl groups excluding tert-OH is 1. The Hall–Kier alpha value is -0.160. The lowest BCUT2D eigenvalue weighted by Crippen LogP contribution is -2.56. The minimum atomic E-state index is -0.270. The maximum absolute atomic E-state index is 9.29. The van der Waals surface area contributed by atoms with Gasteiger partial charge >= 0.3 is 0 Å². The molecule has 4 heteroatoms. The third-order valence-corrected chi connectivity index (χ3v) is 3.50. The van der Waals surface area contributed by atoms with E-state index >= 15 is 0 Å². The number of hydrogen-bond donors (Lipinski definition) is 2. The van der Waals surface area contributed by atoms with Crippen LogP contribution in [0, 0.1) is 11.8 Å². The lowest BCUT2D eigenvalue weighted by Gasteiger charge is -2.44. The molecule has 1 aliphatic heterocycles. The van der Waals surface area contributed by atoms with Gasteiger partial charge in [-0.05, 0) is 32.7 Å². The molecule has 0 aliphatic carbocycles. The Balaban J connectivity index is 2.73. The molecule has 0 saturated carbocycles. The minimum absolute atomic E-state index is 0.0555. The van der Waals surface area contributed by atoms with Crippen LogP contribution < -0.4 is 5.32 Å². The predicted octanol–water partition coefficient (Wildman–Crippen LogP) is 0.989. The van der Waals surface area contributed by atoms with Crippen molar-refractivity contribution in [1.82, 2.24) is 5.32 Å². The molecule has 0 aromatic rings. The minimum Gasteiger partial charge on any atom is -0.394 e. The summed E-state index contributed by atoms with van der Waals surface area (Å²) >= 11 is 0. The molecule has 2 unspecified atom stereocenters. The molecule has 2 N–H and O–H groups in total. The second-order valence-electron chi connectivity index (χ2n) is 4.94. The summed E-state index contributed by atoms with van der Waals surface area (Å²) < 4.78 is 11.5. The van der Waals surface area contributed by atoms with Crippen LogP contribution >= 0.6 is 0 Å². The first-order chi connectivity index (χ1) is 7.51. The highest BCUT2D eigenvalue weighted by Gasteiger charge is 2.41. The van der Waals surface area contributed by atoms with Crippen LogP contribution in [-0.2, 0) is 9.47 Å². The largest absolute Gasteiger partial charge is 0.394 e. The van der Waals surface area contributed by atoms with Gasteiger partial charge in [-0.2, -0.15) is 0 Å². The summed E-state index contributed by atoms with van der Waals surface area (Å²) in [5.74, 6) is 0.745. The van der Waals surface area contributed by atoms with Gasteiger partial charge in [0.2, 0.25) is 0 Å². The zero-order valence-corrected chi connectivity index (χ0v) is 10.9. The van der Waals surface area contributed by atoms with Crippen LogP contribution in [0.15, 0.2) is 0 Å². The van der Waals surface area contributed by atoms with Crippen molar-refractivity contribution in [3.05, 3.63) is 0 Å². The smallest absolute Gasteiger partial charge is 0.173 e. The fourth-order valence-corrected chi connectivity index (χ4v) is 2.29. The molecular formula is C12H25NO3. The topological polar surface area (TPSA) is 50.7 Å². The third kappa shape index (κ3) is 2.94. The van der Waals surface area contributed by atoms with Gasteiger partial charge in [0.25, 0.3) is 0 Å². The van der Waals surface area contributed by atoms with Gasteiger partial charge in [-0.1, -0.05) is 13.8 Å². The lowest BCUT2D eigenvalue weighted by molar-refractivity contribution is -0.253. The first-order valence-corrected chi connectivity index (χ1v) is 6.10. The van der Waals surface area contributed by atoms with Crippen LogP contribution in [0.1, 0.15) is 27.7 Å². The predicted molar refractivity (Wildman–Crippen MR) is 63.1 cm³/mol. The molecule has 0 amide bonds. The van der Waals surface area contributed by atoms with Crippen molar-refractivity contribution >= 4 is 0 Å². The standard InChI is InChI=1S/C12H25NO3/c1-7(2)15-12-11(13-5)9(4)8(3)10(6-14)16-12/h7-14H,6H2,1-5H3/t8-,9-,10?,11?,12-/m0/s1. The summed E-state index contributed by atoms with van der Waals surface area (Å²) in [6.07, 6.45) is -0.266. The molecule has 1 aliphatic rings. The quantitative estimate of drug-likeness (QED) is 0.757. The molecule has 1 fully saturated rings. The van der Waals surface area contributed by atoms with E-state index in [9.17, 15) is 5.11 Å². The van der Waals surface area contributed by atoms with E-state index in [0.29, 0.717) is 11.8 Å². The van der Waals surface area contributed by atoms with Crippen LogP contribution in [0.5, 0.6) is 0 Å². The van der Waals surface area contributed by atoms with E-state index < -0.39 is 0 Å². The van der Waals surface area contributed by atoms with Crippen molar-refractivity contribution in [2.45, 2.75) is 52.2 Å². The summed E-state index contributed by atoms with van der Waals surface area (Å²) in [4.78, 5) is 0. The van der Waals surface area contributed by atoms with Crippen molar-refractivity contribution in [3.8, 4) is 0 Å². The highest BCUT2D eigenvalue weighted by Crippen LogP contribution is 2.31. The summed E-state index contributed by atoms with van der Waals surface area (Å²) in [5.41, 5.74) is 0. The number of aliphatic hydroxyl groups is 1. The van der Waals surface area contributed by atoms with Crippen molar-refractivity contribution in [3.63, 3.8) is 0 Å². The van der Waals surface area contributed by atoms with Crippen molar-refractivity contribution in [1.29, 1.82) is 0 Å². The monoisotopic (exact) mass is 231 g/mol. The Labute approximate surface area is 98.3 Å². The maximum Gasteiger partial charge on any atom is 0.173 e. The molecule has 1 heterocycles. The average Bonchev–Trinajstić information content (AvgIpc) is 2.23. The Morgan fingerprint density at radius 1 is 1.31 bits per heavy atom. The van der Waals surface area contributed by atoms with Crippen LogP contribution in [0.3, 0.4) is 0 Å². The summed E-state index contributed by atoms with van der Waals surface area (Å²) in [6.45, 7) is 8.33. The zero-order valence-electron chi connectivity index (χ0n) is 10.9. The van der Waals surface area contributed by atoms with E-state index in [4.69, 9.17) is 9.47 Å². The first-order valence-electron chi connectivity index (χ1n) is 6.10. The molecule has 96 valence electrons. The number of rotatable bonds is 4. The molecule has 1 saturated heterocycles. The Kier molecular flexibility index (Phi) is 5.18. The number of ether oxygens (including phenoxy) is 2. The van der Waals surface area contributed by atoms with E-state index in [1.54, 1.807) is 0 Å². The molecule has 16 heavy (non-hydrogen) atoms. The van der Waals surface area contributed by atoms with E-state index in [1.165, 1.54) is 0 Å². The van der Waals surface area contributed by atoms with Gasteiger partial charge in [-0.3, -0.25) is 0 Å². The molecule has 0 radical (unpaired) electrons. The molecule has 0 aromatic carbocycles. The van der Waals surface area contributed by atoms with Crippen LogP contribution in [0.2, 0.25) is 0 Å². The fourth-order valence-electron chi connectivity index (χ4n) is 2.29. The summed E-state index contributed by atoms with van der Waals surface area (Å²) in [7, 11) is 1.92. The molecule has 0 bridgehead atoms. The van der Waals surface area contributed by atoms with E-state index in [2.05, 4.69) is 19.2 Å². The van der Waals surface area contributed by atoms with Crippen LogP contribution in [-0.4, -0.2) is 43.3 Å². The second kappa shape index (κ2) is 5.96. The Morgan fingerprint density at radius 2 is 1.94 bits per heavy atom. The fraction of sp³-hybridized carbons (Fsp3) is 1.00. The average molecular weight is 231 g/mol. The van der Waals surface area contributed by atoms with Crippen molar-refractivity contribution in [2.75, 3.05) is 13.7 Å². The van der Waals surface area contributed by atoms with Crippen LogP contribution in [0.4, 0.5) is 0 Å². The van der Waals surface area contributed by atoms with Gasteiger partial charge in [0.1, 0.15) is 0 Å². The molecule has 0 spiro atoms. The summed E-state index contributed by atoms with van der Waals surface area (Å²) in [5, 5.41) is 12.5.